The highest BCUT2D eigenvalue weighted by atomic mass is 35.5. The summed E-state index contributed by atoms with van der Waals surface area (Å²) in [4.78, 5) is 27.7. The molecule has 6 heteroatoms. The molecule has 0 aromatic heterocycles. The van der Waals surface area contributed by atoms with E-state index in [0.717, 1.165) is 18.4 Å². The summed E-state index contributed by atoms with van der Waals surface area (Å²) in [6.45, 7) is 1.18. The highest BCUT2D eigenvalue weighted by Crippen LogP contribution is 2.22. The van der Waals surface area contributed by atoms with E-state index in [1.54, 1.807) is 36.1 Å². The molecule has 0 spiro atoms. The summed E-state index contributed by atoms with van der Waals surface area (Å²) in [5, 5.41) is 0.651. The van der Waals surface area contributed by atoms with Gasteiger partial charge >= 0.3 is 0 Å². The largest absolute Gasteiger partial charge is 0.382 e. The van der Waals surface area contributed by atoms with Crippen LogP contribution < -0.4 is 0 Å². The molecule has 1 aliphatic heterocycles. The van der Waals surface area contributed by atoms with E-state index in [1.807, 2.05) is 12.1 Å². The number of rotatable bonds is 6. The molecule has 1 saturated heterocycles. The summed E-state index contributed by atoms with van der Waals surface area (Å²) in [6.07, 6.45) is 2.41. The van der Waals surface area contributed by atoms with E-state index in [2.05, 4.69) is 0 Å². The highest BCUT2D eigenvalue weighted by Gasteiger charge is 2.26. The van der Waals surface area contributed by atoms with Gasteiger partial charge in [-0.25, -0.2) is 0 Å². The molecule has 0 saturated carbocycles. The zero-order valence-electron chi connectivity index (χ0n) is 13.6. The van der Waals surface area contributed by atoms with Crippen molar-refractivity contribution >= 4 is 23.4 Å². The van der Waals surface area contributed by atoms with Gasteiger partial charge in [0, 0.05) is 32.1 Å². The molecule has 2 rings (SSSR count). The van der Waals surface area contributed by atoms with Crippen molar-refractivity contribution in [3.63, 3.8) is 0 Å². The average molecular weight is 339 g/mol. The number of benzene rings is 1. The molecule has 1 aromatic rings. The van der Waals surface area contributed by atoms with Gasteiger partial charge in [-0.15, -0.1) is 0 Å². The molecule has 1 aliphatic rings. The third-order valence-electron chi connectivity index (χ3n) is 4.19. The zero-order chi connectivity index (χ0) is 16.8. The molecule has 2 amide bonds. The van der Waals surface area contributed by atoms with E-state index in [1.165, 1.54) is 0 Å². The Morgan fingerprint density at radius 2 is 2.04 bits per heavy atom. The number of piperidine rings is 1. The van der Waals surface area contributed by atoms with Crippen molar-refractivity contribution in [2.75, 3.05) is 33.9 Å². The zero-order valence-corrected chi connectivity index (χ0v) is 14.4. The molecule has 5 nitrogen and oxygen atoms in total. The summed E-state index contributed by atoms with van der Waals surface area (Å²) in [7, 11) is 3.35. The summed E-state index contributed by atoms with van der Waals surface area (Å²) >= 11 is 5.92. The minimum Gasteiger partial charge on any atom is -0.382 e. The van der Waals surface area contributed by atoms with Crippen molar-refractivity contribution in [1.82, 2.24) is 9.80 Å². The maximum Gasteiger partial charge on any atom is 0.242 e. The topological polar surface area (TPSA) is 49.9 Å². The van der Waals surface area contributed by atoms with Crippen molar-refractivity contribution in [2.45, 2.75) is 25.3 Å². The molecular weight excluding hydrogens is 316 g/mol. The van der Waals surface area contributed by atoms with Gasteiger partial charge < -0.3 is 14.5 Å². The highest BCUT2D eigenvalue weighted by molar-refractivity contribution is 6.30. The van der Waals surface area contributed by atoms with E-state index in [0.29, 0.717) is 24.6 Å². The average Bonchev–Trinajstić information content (AvgIpc) is 2.55. The molecular formula is C17H23ClN2O3. The molecule has 126 valence electrons. The predicted molar refractivity (Wildman–Crippen MR) is 89.3 cm³/mol. The van der Waals surface area contributed by atoms with Gasteiger partial charge in [-0.1, -0.05) is 23.7 Å². The van der Waals surface area contributed by atoms with Gasteiger partial charge in [0.05, 0.1) is 19.2 Å². The van der Waals surface area contributed by atoms with Crippen LogP contribution in [-0.2, 0) is 14.3 Å². The minimum absolute atomic E-state index is 0.0628. The summed E-state index contributed by atoms with van der Waals surface area (Å²) in [6, 6.07) is 7.17. The normalized spacial score (nSPS) is 16.3. The SMILES string of the molecule is COC[C@H](c1ccc(Cl)cc1)N(C)C(=O)CN1CCCCC1=O. The molecule has 0 radical (unpaired) electrons. The van der Waals surface area contributed by atoms with Gasteiger partial charge in [0.1, 0.15) is 0 Å². The second kappa shape index (κ2) is 8.31. The van der Waals surface area contributed by atoms with Gasteiger partial charge in [-0.05, 0) is 30.5 Å². The van der Waals surface area contributed by atoms with E-state index in [-0.39, 0.29) is 24.4 Å². The smallest absolute Gasteiger partial charge is 0.242 e. The first-order valence-corrected chi connectivity index (χ1v) is 8.18. The van der Waals surface area contributed by atoms with Gasteiger partial charge in [0.25, 0.3) is 0 Å². The second-order valence-corrected chi connectivity index (χ2v) is 6.24. The van der Waals surface area contributed by atoms with E-state index >= 15 is 0 Å². The van der Waals surface area contributed by atoms with Crippen LogP contribution in [0.3, 0.4) is 0 Å². The van der Waals surface area contributed by atoms with Crippen LogP contribution in [0.4, 0.5) is 0 Å². The number of nitrogens with zero attached hydrogens (tertiary/aromatic N) is 2. The molecule has 1 aromatic carbocycles. The van der Waals surface area contributed by atoms with Crippen molar-refractivity contribution < 1.29 is 14.3 Å². The van der Waals surface area contributed by atoms with Crippen LogP contribution in [0.5, 0.6) is 0 Å². The Labute approximate surface area is 142 Å². The van der Waals surface area contributed by atoms with Crippen LogP contribution in [0, 0.1) is 0 Å². The fraction of sp³-hybridized carbons (Fsp3) is 0.529. The number of ether oxygens (including phenoxy) is 1. The summed E-state index contributed by atoms with van der Waals surface area (Å²) in [5.41, 5.74) is 0.956. The first kappa shape index (κ1) is 17.8. The number of likely N-dealkylation sites (tertiary alicyclic amines) is 1. The Balaban J connectivity index is 2.07. The van der Waals surface area contributed by atoms with Crippen molar-refractivity contribution in [3.05, 3.63) is 34.9 Å². The number of likely N-dealkylation sites (N-methyl/N-ethyl adjacent to an activating group) is 1. The first-order valence-electron chi connectivity index (χ1n) is 7.80. The lowest BCUT2D eigenvalue weighted by Crippen LogP contribution is -2.45. The maximum atomic E-state index is 12.6. The maximum absolute atomic E-state index is 12.6. The van der Waals surface area contributed by atoms with Crippen molar-refractivity contribution in [3.8, 4) is 0 Å². The Morgan fingerprint density at radius 1 is 1.35 bits per heavy atom. The number of amides is 2. The number of halogens is 1. The van der Waals surface area contributed by atoms with Gasteiger partial charge in [0.2, 0.25) is 11.8 Å². The molecule has 1 heterocycles. The summed E-state index contributed by atoms with van der Waals surface area (Å²) < 4.78 is 5.26. The predicted octanol–water partition coefficient (Wildman–Crippen LogP) is 2.50. The molecule has 0 aliphatic carbocycles. The van der Waals surface area contributed by atoms with Crippen molar-refractivity contribution in [2.24, 2.45) is 0 Å². The van der Waals surface area contributed by atoms with E-state index in [4.69, 9.17) is 16.3 Å². The van der Waals surface area contributed by atoms with Gasteiger partial charge in [0.15, 0.2) is 0 Å². The second-order valence-electron chi connectivity index (χ2n) is 5.80. The van der Waals surface area contributed by atoms with Gasteiger partial charge in [-0.2, -0.15) is 0 Å². The Morgan fingerprint density at radius 3 is 2.65 bits per heavy atom. The van der Waals surface area contributed by atoms with Crippen LogP contribution >= 0.6 is 11.6 Å². The van der Waals surface area contributed by atoms with Crippen LogP contribution in [0.15, 0.2) is 24.3 Å². The third-order valence-corrected chi connectivity index (χ3v) is 4.44. The Kier molecular flexibility index (Phi) is 6.42. The number of hydrogen-bond acceptors (Lipinski definition) is 3. The molecule has 0 N–H and O–H groups in total. The number of carbonyl (C=O) groups excluding carboxylic acids is 2. The molecule has 1 atom stereocenters. The minimum atomic E-state index is -0.204. The van der Waals surface area contributed by atoms with Crippen LogP contribution in [0.2, 0.25) is 5.02 Å². The van der Waals surface area contributed by atoms with Crippen LogP contribution in [0.25, 0.3) is 0 Å². The number of methoxy groups -OCH3 is 1. The molecule has 0 bridgehead atoms. The molecule has 23 heavy (non-hydrogen) atoms. The Hall–Kier alpha value is -1.59. The van der Waals surface area contributed by atoms with E-state index in [9.17, 15) is 9.59 Å². The van der Waals surface area contributed by atoms with Crippen LogP contribution in [0.1, 0.15) is 30.9 Å². The lowest BCUT2D eigenvalue weighted by Gasteiger charge is -2.32. The third kappa shape index (κ3) is 4.69. The van der Waals surface area contributed by atoms with E-state index < -0.39 is 0 Å². The molecule has 1 fully saturated rings. The van der Waals surface area contributed by atoms with Crippen LogP contribution in [-0.4, -0.2) is 55.5 Å². The first-order chi connectivity index (χ1) is 11.0. The summed E-state index contributed by atoms with van der Waals surface area (Å²) in [5.74, 6) is -0.0231. The fourth-order valence-electron chi connectivity index (χ4n) is 2.75. The lowest BCUT2D eigenvalue weighted by atomic mass is 10.1. The van der Waals surface area contributed by atoms with Gasteiger partial charge in [-0.3, -0.25) is 9.59 Å². The molecule has 0 unspecified atom stereocenters. The lowest BCUT2D eigenvalue weighted by molar-refractivity contribution is -0.143. The number of carbonyl (C=O) groups is 2. The fourth-order valence-corrected chi connectivity index (χ4v) is 2.88. The standard InChI is InChI=1S/C17H23ClN2O3/c1-19(17(22)11-20-10-4-3-5-16(20)21)15(12-23-2)13-6-8-14(18)9-7-13/h6-9,15H,3-5,10-12H2,1-2H3/t15-/m1/s1. The number of hydrogen-bond donors (Lipinski definition) is 0. The van der Waals surface area contributed by atoms with Crippen molar-refractivity contribution in [1.29, 1.82) is 0 Å². The Bertz CT molecular complexity index is 547. The monoisotopic (exact) mass is 338 g/mol. The quantitative estimate of drug-likeness (QED) is 0.800.